The third-order valence-electron chi connectivity index (χ3n) is 2.97. The number of carboxylic acid groups (broad SMARTS) is 1. The van der Waals surface area contributed by atoms with Crippen LogP contribution in [-0.4, -0.2) is 25.7 Å². The number of aromatic nitrogens is 3. The summed E-state index contributed by atoms with van der Waals surface area (Å²) in [6.45, 7) is 0. The van der Waals surface area contributed by atoms with Crippen molar-refractivity contribution >= 4 is 22.5 Å². The predicted octanol–water partition coefficient (Wildman–Crippen LogP) is 1.89. The number of nitrogens with zero attached hydrogens (tertiary/aromatic N) is 2. The molecule has 0 spiro atoms. The minimum absolute atomic E-state index is 0.0655. The molecule has 6 nitrogen and oxygen atoms in total. The van der Waals surface area contributed by atoms with Crippen LogP contribution in [0.3, 0.4) is 0 Å². The van der Waals surface area contributed by atoms with E-state index in [-0.39, 0.29) is 16.9 Å². The van der Waals surface area contributed by atoms with Crippen LogP contribution >= 0.6 is 0 Å². The Hall–Kier alpha value is -2.84. The normalized spacial score (nSPS) is 12.1. The lowest BCUT2D eigenvalue weighted by Crippen LogP contribution is -2.20. The first-order chi connectivity index (χ1) is 9.79. The highest BCUT2D eigenvalue weighted by Crippen LogP contribution is 2.32. The molecule has 0 bridgehead atoms. The summed E-state index contributed by atoms with van der Waals surface area (Å²) in [7, 11) is 0. The maximum absolute atomic E-state index is 13.0. The van der Waals surface area contributed by atoms with E-state index in [0.29, 0.717) is 4.52 Å². The van der Waals surface area contributed by atoms with Gasteiger partial charge in [-0.05, 0) is 12.1 Å². The predicted molar refractivity (Wildman–Crippen MR) is 65.3 cm³/mol. The van der Waals surface area contributed by atoms with Crippen molar-refractivity contribution in [2.75, 3.05) is 0 Å². The fourth-order valence-corrected chi connectivity index (χ4v) is 2.08. The van der Waals surface area contributed by atoms with E-state index in [9.17, 15) is 22.8 Å². The van der Waals surface area contributed by atoms with Gasteiger partial charge in [0.25, 0.3) is 5.56 Å². The van der Waals surface area contributed by atoms with Crippen LogP contribution in [0.2, 0.25) is 0 Å². The van der Waals surface area contributed by atoms with Crippen LogP contribution in [0.5, 0.6) is 0 Å². The van der Waals surface area contributed by atoms with E-state index in [0.717, 1.165) is 18.2 Å². The Balaban J connectivity index is 2.49. The lowest BCUT2D eigenvalue weighted by molar-refractivity contribution is -0.136. The number of carbonyl (C=O) groups is 1. The van der Waals surface area contributed by atoms with Crippen LogP contribution in [0, 0.1) is 0 Å². The number of aromatic amines is 1. The zero-order chi connectivity index (χ0) is 15.4. The second-order valence-corrected chi connectivity index (χ2v) is 4.28. The molecule has 0 aliphatic rings. The standard InChI is InChI=1S/C12H6F3N3O3/c13-12(14,15)5-2-1-3-6-9(5)10(19)18-8(16-6)4-7(17-18)11(20)21/h1-4,17H,(H,20,21). The van der Waals surface area contributed by atoms with Crippen molar-refractivity contribution in [2.45, 2.75) is 6.18 Å². The molecular weight excluding hydrogens is 291 g/mol. The number of carboxylic acids is 1. The van der Waals surface area contributed by atoms with Crippen LogP contribution in [0.4, 0.5) is 13.2 Å². The molecule has 0 saturated heterocycles. The molecule has 21 heavy (non-hydrogen) atoms. The van der Waals surface area contributed by atoms with E-state index >= 15 is 0 Å². The number of H-pyrrole nitrogens is 1. The summed E-state index contributed by atoms with van der Waals surface area (Å²) in [4.78, 5) is 26.9. The zero-order valence-corrected chi connectivity index (χ0v) is 10.1. The van der Waals surface area contributed by atoms with Gasteiger partial charge in [-0.1, -0.05) is 6.07 Å². The number of hydrogen-bond donors (Lipinski definition) is 2. The topological polar surface area (TPSA) is 87.5 Å². The molecular formula is C12H6F3N3O3. The lowest BCUT2D eigenvalue weighted by Gasteiger charge is -2.09. The van der Waals surface area contributed by atoms with Gasteiger partial charge in [-0.3, -0.25) is 9.89 Å². The molecule has 2 N–H and O–H groups in total. The third kappa shape index (κ3) is 1.93. The Labute approximate surface area is 113 Å². The van der Waals surface area contributed by atoms with Crippen molar-refractivity contribution in [3.05, 3.63) is 45.9 Å². The van der Waals surface area contributed by atoms with Gasteiger partial charge in [0.2, 0.25) is 0 Å². The van der Waals surface area contributed by atoms with Crippen molar-refractivity contribution in [3.63, 3.8) is 0 Å². The molecule has 0 amide bonds. The number of hydrogen-bond acceptors (Lipinski definition) is 3. The summed E-state index contributed by atoms with van der Waals surface area (Å²) in [5.41, 5.74) is -2.67. The molecule has 1 aromatic carbocycles. The van der Waals surface area contributed by atoms with Crippen molar-refractivity contribution in [3.8, 4) is 0 Å². The molecule has 0 aliphatic carbocycles. The van der Waals surface area contributed by atoms with E-state index in [4.69, 9.17) is 5.11 Å². The smallest absolute Gasteiger partial charge is 0.417 e. The Morgan fingerprint density at radius 2 is 2.05 bits per heavy atom. The molecule has 2 heterocycles. The Bertz CT molecular complexity index is 940. The number of rotatable bonds is 1. The second-order valence-electron chi connectivity index (χ2n) is 4.28. The molecule has 9 heteroatoms. The molecule has 3 aromatic rings. The monoisotopic (exact) mass is 297 g/mol. The van der Waals surface area contributed by atoms with Gasteiger partial charge in [-0.2, -0.15) is 13.2 Å². The van der Waals surface area contributed by atoms with Gasteiger partial charge in [0, 0.05) is 6.07 Å². The first-order valence-corrected chi connectivity index (χ1v) is 5.64. The Morgan fingerprint density at radius 1 is 1.33 bits per heavy atom. The summed E-state index contributed by atoms with van der Waals surface area (Å²) in [5.74, 6) is -1.35. The number of benzene rings is 1. The molecule has 108 valence electrons. The molecule has 0 atom stereocenters. The second kappa shape index (κ2) is 4.08. The number of aromatic carboxylic acids is 1. The van der Waals surface area contributed by atoms with Crippen molar-refractivity contribution < 1.29 is 23.1 Å². The quantitative estimate of drug-likeness (QED) is 0.718. The molecule has 0 aliphatic heterocycles. The van der Waals surface area contributed by atoms with Crippen molar-refractivity contribution in [1.29, 1.82) is 0 Å². The average molecular weight is 297 g/mol. The van der Waals surface area contributed by atoms with E-state index in [1.54, 1.807) is 0 Å². The molecule has 2 aromatic heterocycles. The van der Waals surface area contributed by atoms with Gasteiger partial charge < -0.3 is 5.11 Å². The minimum Gasteiger partial charge on any atom is -0.477 e. The fourth-order valence-electron chi connectivity index (χ4n) is 2.08. The van der Waals surface area contributed by atoms with Crippen LogP contribution in [0.25, 0.3) is 16.6 Å². The largest absolute Gasteiger partial charge is 0.477 e. The van der Waals surface area contributed by atoms with Gasteiger partial charge in [0.05, 0.1) is 16.5 Å². The number of nitrogens with one attached hydrogen (secondary N) is 1. The number of fused-ring (bicyclic) bond motifs is 2. The van der Waals surface area contributed by atoms with Crippen LogP contribution in [0.1, 0.15) is 16.1 Å². The van der Waals surface area contributed by atoms with Crippen molar-refractivity contribution in [2.24, 2.45) is 0 Å². The number of alkyl halides is 3. The molecule has 0 radical (unpaired) electrons. The van der Waals surface area contributed by atoms with E-state index in [2.05, 4.69) is 10.1 Å². The van der Waals surface area contributed by atoms with Gasteiger partial charge in [-0.25, -0.2) is 14.3 Å². The van der Waals surface area contributed by atoms with E-state index in [1.807, 2.05) is 0 Å². The van der Waals surface area contributed by atoms with Crippen LogP contribution < -0.4 is 5.56 Å². The number of halogens is 3. The summed E-state index contributed by atoms with van der Waals surface area (Å²) >= 11 is 0. The minimum atomic E-state index is -4.71. The highest BCUT2D eigenvalue weighted by atomic mass is 19.4. The fraction of sp³-hybridized carbons (Fsp3) is 0.0833. The summed E-state index contributed by atoms with van der Waals surface area (Å²) in [6.07, 6.45) is -4.71. The van der Waals surface area contributed by atoms with Gasteiger partial charge in [-0.15, -0.1) is 0 Å². The highest BCUT2D eigenvalue weighted by Gasteiger charge is 2.34. The summed E-state index contributed by atoms with van der Waals surface area (Å²) in [5, 5.41) is 10.4. The summed E-state index contributed by atoms with van der Waals surface area (Å²) < 4.78 is 39.5. The maximum atomic E-state index is 13.0. The van der Waals surface area contributed by atoms with Gasteiger partial charge >= 0.3 is 12.1 Å². The average Bonchev–Trinajstić information content (AvgIpc) is 2.81. The Kier molecular flexibility index (Phi) is 2.55. The third-order valence-corrected chi connectivity index (χ3v) is 2.97. The molecule has 3 rings (SSSR count). The zero-order valence-electron chi connectivity index (χ0n) is 10.1. The van der Waals surface area contributed by atoms with E-state index < -0.39 is 28.7 Å². The maximum Gasteiger partial charge on any atom is 0.417 e. The van der Waals surface area contributed by atoms with Gasteiger partial charge in [0.15, 0.2) is 5.65 Å². The molecule has 0 fully saturated rings. The Morgan fingerprint density at radius 3 is 2.67 bits per heavy atom. The first-order valence-electron chi connectivity index (χ1n) is 5.64. The first kappa shape index (κ1) is 13.2. The molecule has 0 unspecified atom stereocenters. The highest BCUT2D eigenvalue weighted by molar-refractivity contribution is 5.88. The van der Waals surface area contributed by atoms with Gasteiger partial charge in [0.1, 0.15) is 5.69 Å². The SMILES string of the molecule is O=C(O)c1cc2nc3cccc(C(F)(F)F)c3c(=O)n2[nH]1. The van der Waals surface area contributed by atoms with E-state index in [1.165, 1.54) is 6.07 Å². The summed E-state index contributed by atoms with van der Waals surface area (Å²) in [6, 6.07) is 4.25. The van der Waals surface area contributed by atoms with Crippen molar-refractivity contribution in [1.82, 2.24) is 14.6 Å². The van der Waals surface area contributed by atoms with Crippen LogP contribution in [0.15, 0.2) is 29.1 Å². The molecule has 0 saturated carbocycles. The lowest BCUT2D eigenvalue weighted by atomic mass is 10.1. The van der Waals surface area contributed by atoms with Crippen LogP contribution in [-0.2, 0) is 6.18 Å².